The van der Waals surface area contributed by atoms with Gasteiger partial charge in [-0.05, 0) is 43.0 Å². The molecule has 0 saturated carbocycles. The van der Waals surface area contributed by atoms with Gasteiger partial charge in [-0.25, -0.2) is 0 Å². The van der Waals surface area contributed by atoms with Crippen molar-refractivity contribution in [1.82, 2.24) is 5.32 Å². The summed E-state index contributed by atoms with van der Waals surface area (Å²) >= 11 is 1.77. The highest BCUT2D eigenvalue weighted by Crippen LogP contribution is 2.10. The Bertz CT molecular complexity index is 128. The van der Waals surface area contributed by atoms with Crippen molar-refractivity contribution in [2.45, 2.75) is 19.4 Å². The molecule has 0 rings (SSSR count). The first-order valence-electron chi connectivity index (χ1n) is 3.60. The molecular weight excluding hydrogens is 257 g/mol. The van der Waals surface area contributed by atoms with Crippen LogP contribution in [-0.2, 0) is 4.79 Å². The molecule has 0 aliphatic carbocycles. The summed E-state index contributed by atoms with van der Waals surface area (Å²) in [6, 6.07) is 0. The van der Waals surface area contributed by atoms with Crippen LogP contribution in [0.25, 0.3) is 0 Å². The maximum absolute atomic E-state index is 10.9. The highest BCUT2D eigenvalue weighted by atomic mass is 127. The van der Waals surface area contributed by atoms with E-state index >= 15 is 0 Å². The van der Waals surface area contributed by atoms with E-state index in [0.29, 0.717) is 13.0 Å². The summed E-state index contributed by atoms with van der Waals surface area (Å²) in [6.45, 7) is 2.34. The summed E-state index contributed by atoms with van der Waals surface area (Å²) in [5, 5.41) is 11.9. The topological polar surface area (TPSA) is 49.3 Å². The van der Waals surface area contributed by atoms with Gasteiger partial charge in [-0.1, -0.05) is 0 Å². The van der Waals surface area contributed by atoms with Crippen molar-refractivity contribution in [3.8, 4) is 0 Å². The number of halogens is 1. The number of nitrogens with one attached hydrogen (secondary N) is 1. The van der Waals surface area contributed by atoms with Gasteiger partial charge in [0.15, 0.2) is 3.79 Å². The highest BCUT2D eigenvalue weighted by molar-refractivity contribution is 14.1. The predicted octanol–water partition coefficient (Wildman–Crippen LogP) is 0.554. The summed E-state index contributed by atoms with van der Waals surface area (Å²) in [5.74, 6) is -0.0550. The van der Waals surface area contributed by atoms with Crippen LogP contribution in [0, 0.1) is 5.92 Å². The Hall–Kier alpha value is 0.320. The molecule has 2 N–H and O–H groups in total. The van der Waals surface area contributed by atoms with Gasteiger partial charge in [-0.15, -0.1) is 0 Å². The average Bonchev–Trinajstić information content (AvgIpc) is 1.86. The SMILES string of the molecule is CNC[C@@H](C[C@@H](C)O)C(=O)I. The van der Waals surface area contributed by atoms with Gasteiger partial charge in [0.05, 0.1) is 6.10 Å². The minimum Gasteiger partial charge on any atom is -0.393 e. The van der Waals surface area contributed by atoms with Crippen molar-refractivity contribution in [2.24, 2.45) is 5.92 Å². The lowest BCUT2D eigenvalue weighted by atomic mass is 10.0. The van der Waals surface area contributed by atoms with Gasteiger partial charge in [-0.2, -0.15) is 0 Å². The van der Waals surface area contributed by atoms with Gasteiger partial charge in [0.2, 0.25) is 0 Å². The molecule has 0 heterocycles. The van der Waals surface area contributed by atoms with Crippen molar-refractivity contribution >= 4 is 26.4 Å². The fraction of sp³-hybridized carbons (Fsp3) is 0.857. The van der Waals surface area contributed by atoms with Crippen LogP contribution >= 0.6 is 22.6 Å². The minimum atomic E-state index is -0.396. The molecule has 0 radical (unpaired) electrons. The van der Waals surface area contributed by atoms with Gasteiger partial charge in [0.1, 0.15) is 0 Å². The van der Waals surface area contributed by atoms with E-state index < -0.39 is 6.10 Å². The molecule has 0 unspecified atom stereocenters. The fourth-order valence-electron chi connectivity index (χ4n) is 0.914. The second-order valence-electron chi connectivity index (χ2n) is 2.64. The molecule has 0 aromatic heterocycles. The van der Waals surface area contributed by atoms with E-state index in [2.05, 4.69) is 5.32 Å². The standard InChI is InChI=1S/C7H14INO2/c1-5(10)3-6(4-9-2)7(8)11/h5-6,9-10H,3-4H2,1-2H3/t5-,6-/m1/s1. The third-order valence-electron chi connectivity index (χ3n) is 1.40. The first-order valence-corrected chi connectivity index (χ1v) is 4.67. The number of aliphatic hydroxyl groups is 1. The maximum atomic E-state index is 10.9. The molecule has 0 bridgehead atoms. The number of carbonyl (C=O) groups is 1. The van der Waals surface area contributed by atoms with Gasteiger partial charge in [0, 0.05) is 12.5 Å². The molecule has 66 valence electrons. The number of rotatable bonds is 5. The van der Waals surface area contributed by atoms with Gasteiger partial charge >= 0.3 is 0 Å². The molecule has 4 heteroatoms. The van der Waals surface area contributed by atoms with E-state index in [0.717, 1.165) is 0 Å². The second-order valence-corrected chi connectivity index (χ2v) is 3.71. The second kappa shape index (κ2) is 5.91. The zero-order valence-electron chi connectivity index (χ0n) is 6.80. The van der Waals surface area contributed by atoms with E-state index in [1.54, 1.807) is 36.6 Å². The molecule has 2 atom stereocenters. The summed E-state index contributed by atoms with van der Waals surface area (Å²) in [4.78, 5) is 10.9. The Morgan fingerprint density at radius 1 is 1.73 bits per heavy atom. The quantitative estimate of drug-likeness (QED) is 0.567. The van der Waals surface area contributed by atoms with Crippen LogP contribution in [0.1, 0.15) is 13.3 Å². The van der Waals surface area contributed by atoms with Gasteiger partial charge < -0.3 is 10.4 Å². The number of carbonyl (C=O) groups excluding carboxylic acids is 1. The Morgan fingerprint density at radius 2 is 2.27 bits per heavy atom. The molecule has 0 aromatic carbocycles. The first-order chi connectivity index (χ1) is 5.07. The van der Waals surface area contributed by atoms with Crippen molar-refractivity contribution in [3.63, 3.8) is 0 Å². The lowest BCUT2D eigenvalue weighted by Crippen LogP contribution is -2.26. The lowest BCUT2D eigenvalue weighted by molar-refractivity contribution is -0.113. The Balaban J connectivity index is 3.79. The molecule has 11 heavy (non-hydrogen) atoms. The zero-order valence-corrected chi connectivity index (χ0v) is 8.96. The van der Waals surface area contributed by atoms with Crippen molar-refractivity contribution < 1.29 is 9.90 Å². The van der Waals surface area contributed by atoms with Crippen molar-refractivity contribution in [1.29, 1.82) is 0 Å². The summed E-state index contributed by atoms with van der Waals surface area (Å²) < 4.78 is 0.109. The van der Waals surface area contributed by atoms with Gasteiger partial charge in [0.25, 0.3) is 0 Å². The van der Waals surface area contributed by atoms with Crippen LogP contribution < -0.4 is 5.32 Å². The Kier molecular flexibility index (Phi) is 6.08. The molecular formula is C7H14INO2. The van der Waals surface area contributed by atoms with Crippen LogP contribution in [0.2, 0.25) is 0 Å². The molecule has 0 aliphatic heterocycles. The number of hydrogen-bond acceptors (Lipinski definition) is 3. The number of aliphatic hydroxyl groups excluding tert-OH is 1. The van der Waals surface area contributed by atoms with Crippen LogP contribution in [0.15, 0.2) is 0 Å². The van der Waals surface area contributed by atoms with Gasteiger partial charge in [-0.3, -0.25) is 4.79 Å². The largest absolute Gasteiger partial charge is 0.393 e. The predicted molar refractivity (Wildman–Crippen MR) is 52.7 cm³/mol. The molecule has 3 nitrogen and oxygen atoms in total. The normalized spacial score (nSPS) is 16.0. The first kappa shape index (κ1) is 11.3. The maximum Gasteiger partial charge on any atom is 0.196 e. The van der Waals surface area contributed by atoms with Crippen molar-refractivity contribution in [3.05, 3.63) is 0 Å². The monoisotopic (exact) mass is 271 g/mol. The Labute approximate surface area is 80.7 Å². The molecule has 0 aromatic rings. The lowest BCUT2D eigenvalue weighted by Gasteiger charge is -2.13. The van der Waals surface area contributed by atoms with Crippen LogP contribution in [0.4, 0.5) is 0 Å². The molecule has 0 saturated heterocycles. The Morgan fingerprint density at radius 3 is 2.55 bits per heavy atom. The van der Waals surface area contributed by atoms with Crippen LogP contribution in [-0.4, -0.2) is 28.6 Å². The van der Waals surface area contributed by atoms with Crippen LogP contribution in [0.3, 0.4) is 0 Å². The fourth-order valence-corrected chi connectivity index (χ4v) is 1.39. The van der Waals surface area contributed by atoms with E-state index in [4.69, 9.17) is 5.11 Å². The third kappa shape index (κ3) is 5.57. The van der Waals surface area contributed by atoms with E-state index in [1.165, 1.54) is 0 Å². The van der Waals surface area contributed by atoms with E-state index in [1.807, 2.05) is 0 Å². The zero-order chi connectivity index (χ0) is 8.85. The summed E-state index contributed by atoms with van der Waals surface area (Å²) in [6.07, 6.45) is 0.148. The van der Waals surface area contributed by atoms with E-state index in [9.17, 15) is 4.79 Å². The van der Waals surface area contributed by atoms with Crippen LogP contribution in [0.5, 0.6) is 0 Å². The number of hydrogen-bond donors (Lipinski definition) is 2. The molecule has 0 spiro atoms. The molecule has 0 aliphatic rings. The molecule has 0 amide bonds. The third-order valence-corrected chi connectivity index (χ3v) is 2.28. The summed E-state index contributed by atoms with van der Waals surface area (Å²) in [7, 11) is 1.80. The smallest absolute Gasteiger partial charge is 0.196 e. The van der Waals surface area contributed by atoms with Crippen molar-refractivity contribution in [2.75, 3.05) is 13.6 Å². The highest BCUT2D eigenvalue weighted by Gasteiger charge is 2.16. The molecule has 0 fully saturated rings. The minimum absolute atomic E-state index is 0.0550. The summed E-state index contributed by atoms with van der Waals surface area (Å²) in [5.41, 5.74) is 0. The van der Waals surface area contributed by atoms with E-state index in [-0.39, 0.29) is 9.71 Å². The average molecular weight is 271 g/mol.